The van der Waals surface area contributed by atoms with Gasteiger partial charge in [0.1, 0.15) is 5.69 Å². The van der Waals surface area contributed by atoms with Gasteiger partial charge in [0.15, 0.2) is 0 Å². The summed E-state index contributed by atoms with van der Waals surface area (Å²) < 4.78 is 27.2. The number of fused-ring (bicyclic) bond motifs is 1. The van der Waals surface area contributed by atoms with E-state index in [4.69, 9.17) is 0 Å². The van der Waals surface area contributed by atoms with Gasteiger partial charge >= 0.3 is 0 Å². The third-order valence-corrected chi connectivity index (χ3v) is 5.83. The van der Waals surface area contributed by atoms with Crippen LogP contribution in [0.25, 0.3) is 0 Å². The van der Waals surface area contributed by atoms with Gasteiger partial charge in [0, 0.05) is 25.8 Å². The van der Waals surface area contributed by atoms with E-state index < -0.39 is 16.1 Å². The Morgan fingerprint density at radius 1 is 1.38 bits per heavy atom. The number of hydrogen-bond acceptors (Lipinski definition) is 5. The second-order valence-electron chi connectivity index (χ2n) is 6.41. The van der Waals surface area contributed by atoms with Crippen LogP contribution in [0.2, 0.25) is 0 Å². The van der Waals surface area contributed by atoms with Crippen LogP contribution >= 0.6 is 0 Å². The Morgan fingerprint density at radius 3 is 2.88 bits per heavy atom. The highest BCUT2D eigenvalue weighted by molar-refractivity contribution is 7.89. The lowest BCUT2D eigenvalue weighted by Gasteiger charge is -2.28. The lowest BCUT2D eigenvalue weighted by atomic mass is 9.99. The van der Waals surface area contributed by atoms with Crippen molar-refractivity contribution in [3.05, 3.63) is 47.3 Å². The number of aromatic amines is 1. The molecule has 1 aliphatic rings. The fourth-order valence-electron chi connectivity index (χ4n) is 2.90. The molecule has 2 heterocycles. The van der Waals surface area contributed by atoms with Crippen LogP contribution in [0.4, 0.5) is 0 Å². The summed E-state index contributed by atoms with van der Waals surface area (Å²) in [6, 6.07) is 6.60. The van der Waals surface area contributed by atoms with Crippen molar-refractivity contribution in [1.82, 2.24) is 19.8 Å². The maximum absolute atomic E-state index is 12.4. The van der Waals surface area contributed by atoms with Crippen LogP contribution in [0.5, 0.6) is 0 Å². The van der Waals surface area contributed by atoms with E-state index in [-0.39, 0.29) is 17.3 Å². The standard InChI is InChI=1S/C17H22N4O4S/c1-12(22)4-8-19-26(24,25)15-3-2-14-11-21(9-6-13(14)10-15)17(23)16-5-7-18-20-16/h2-3,5,7,10,12,19,22H,4,6,8-9,11H2,1H3,(H,18,20)/t12-/m1/s1. The van der Waals surface area contributed by atoms with Gasteiger partial charge in [0.05, 0.1) is 11.0 Å². The number of H-pyrrole nitrogens is 1. The van der Waals surface area contributed by atoms with Crippen LogP contribution in [0, 0.1) is 0 Å². The molecule has 0 saturated carbocycles. The maximum Gasteiger partial charge on any atom is 0.272 e. The van der Waals surface area contributed by atoms with Crippen molar-refractivity contribution in [2.24, 2.45) is 0 Å². The molecule has 140 valence electrons. The third-order valence-electron chi connectivity index (χ3n) is 4.37. The fourth-order valence-corrected chi connectivity index (χ4v) is 4.00. The molecule has 0 saturated heterocycles. The first-order valence-electron chi connectivity index (χ1n) is 8.45. The number of carbonyl (C=O) groups excluding carboxylic acids is 1. The van der Waals surface area contributed by atoms with Gasteiger partial charge in [0.2, 0.25) is 10.0 Å². The van der Waals surface area contributed by atoms with Crippen molar-refractivity contribution >= 4 is 15.9 Å². The Bertz CT molecular complexity index is 878. The second-order valence-corrected chi connectivity index (χ2v) is 8.18. The van der Waals surface area contributed by atoms with E-state index in [1.807, 2.05) is 0 Å². The van der Waals surface area contributed by atoms with E-state index >= 15 is 0 Å². The number of amides is 1. The number of aliphatic hydroxyl groups excluding tert-OH is 1. The van der Waals surface area contributed by atoms with Crippen molar-refractivity contribution < 1.29 is 18.3 Å². The molecular formula is C17H22N4O4S. The van der Waals surface area contributed by atoms with Crippen LogP contribution in [0.3, 0.4) is 0 Å². The van der Waals surface area contributed by atoms with Crippen LogP contribution in [-0.2, 0) is 23.0 Å². The van der Waals surface area contributed by atoms with E-state index in [0.717, 1.165) is 11.1 Å². The molecular weight excluding hydrogens is 356 g/mol. The van der Waals surface area contributed by atoms with Gasteiger partial charge in [-0.05, 0) is 49.1 Å². The van der Waals surface area contributed by atoms with E-state index in [2.05, 4.69) is 14.9 Å². The first-order valence-corrected chi connectivity index (χ1v) is 9.93. The molecule has 0 bridgehead atoms. The summed E-state index contributed by atoms with van der Waals surface area (Å²) >= 11 is 0. The molecule has 1 atom stereocenters. The molecule has 1 aromatic carbocycles. The normalized spacial score (nSPS) is 15.5. The fraction of sp³-hybridized carbons (Fsp3) is 0.412. The Kier molecular flexibility index (Phi) is 5.40. The predicted octanol–water partition coefficient (Wildman–Crippen LogP) is 0.657. The highest BCUT2D eigenvalue weighted by Gasteiger charge is 2.24. The zero-order valence-electron chi connectivity index (χ0n) is 14.5. The zero-order valence-corrected chi connectivity index (χ0v) is 15.3. The molecule has 3 rings (SSSR count). The van der Waals surface area contributed by atoms with Gasteiger partial charge in [0.25, 0.3) is 5.91 Å². The largest absolute Gasteiger partial charge is 0.393 e. The number of nitrogens with zero attached hydrogens (tertiary/aromatic N) is 2. The SMILES string of the molecule is C[C@@H](O)CCNS(=O)(=O)c1ccc2c(c1)CCN(C(=O)c1ccn[nH]1)C2. The van der Waals surface area contributed by atoms with Gasteiger partial charge in [-0.1, -0.05) is 6.07 Å². The van der Waals surface area contributed by atoms with E-state index in [1.165, 1.54) is 6.20 Å². The zero-order chi connectivity index (χ0) is 18.7. The lowest BCUT2D eigenvalue weighted by Crippen LogP contribution is -2.36. The number of sulfonamides is 1. The highest BCUT2D eigenvalue weighted by Crippen LogP contribution is 2.23. The Morgan fingerprint density at radius 2 is 2.19 bits per heavy atom. The van der Waals surface area contributed by atoms with E-state index in [0.29, 0.717) is 31.6 Å². The Hall–Kier alpha value is -2.23. The van der Waals surface area contributed by atoms with Gasteiger partial charge < -0.3 is 10.0 Å². The molecule has 9 heteroatoms. The summed E-state index contributed by atoms with van der Waals surface area (Å²) in [6.45, 7) is 2.75. The number of nitrogens with one attached hydrogen (secondary N) is 2. The van der Waals surface area contributed by atoms with Crippen LogP contribution in [-0.4, -0.2) is 53.7 Å². The number of hydrogen-bond donors (Lipinski definition) is 3. The van der Waals surface area contributed by atoms with Crippen molar-refractivity contribution in [2.75, 3.05) is 13.1 Å². The van der Waals surface area contributed by atoms with Gasteiger partial charge in [-0.25, -0.2) is 13.1 Å². The molecule has 1 amide bonds. The van der Waals surface area contributed by atoms with Crippen molar-refractivity contribution in [2.45, 2.75) is 37.3 Å². The molecule has 8 nitrogen and oxygen atoms in total. The minimum absolute atomic E-state index is 0.121. The average molecular weight is 378 g/mol. The minimum Gasteiger partial charge on any atom is -0.393 e. The molecule has 26 heavy (non-hydrogen) atoms. The Labute approximate surface area is 152 Å². The summed E-state index contributed by atoms with van der Waals surface area (Å²) in [5.41, 5.74) is 2.30. The molecule has 3 N–H and O–H groups in total. The smallest absolute Gasteiger partial charge is 0.272 e. The topological polar surface area (TPSA) is 115 Å². The number of carbonyl (C=O) groups is 1. The summed E-state index contributed by atoms with van der Waals surface area (Å²) in [7, 11) is -3.61. The number of aliphatic hydroxyl groups is 1. The molecule has 2 aromatic rings. The highest BCUT2D eigenvalue weighted by atomic mass is 32.2. The first-order chi connectivity index (χ1) is 12.4. The summed E-state index contributed by atoms with van der Waals surface area (Å²) in [5, 5.41) is 15.7. The van der Waals surface area contributed by atoms with Crippen LogP contribution in [0.1, 0.15) is 35.0 Å². The van der Waals surface area contributed by atoms with Gasteiger partial charge in [-0.15, -0.1) is 0 Å². The van der Waals surface area contributed by atoms with Gasteiger partial charge in [-0.2, -0.15) is 5.10 Å². The van der Waals surface area contributed by atoms with Crippen molar-refractivity contribution in [3.8, 4) is 0 Å². The maximum atomic E-state index is 12.4. The van der Waals surface area contributed by atoms with Crippen molar-refractivity contribution in [3.63, 3.8) is 0 Å². The summed E-state index contributed by atoms with van der Waals surface area (Å²) in [4.78, 5) is 14.3. The van der Waals surface area contributed by atoms with Crippen molar-refractivity contribution in [1.29, 1.82) is 0 Å². The second kappa shape index (κ2) is 7.56. The minimum atomic E-state index is -3.61. The molecule has 1 aliphatic heterocycles. The average Bonchev–Trinajstić information content (AvgIpc) is 3.14. The summed E-state index contributed by atoms with van der Waals surface area (Å²) in [6.07, 6.45) is 1.92. The van der Waals surface area contributed by atoms with E-state index in [9.17, 15) is 18.3 Å². The molecule has 0 radical (unpaired) electrons. The predicted molar refractivity (Wildman–Crippen MR) is 95.0 cm³/mol. The molecule has 1 aromatic heterocycles. The molecule has 0 fully saturated rings. The van der Waals surface area contributed by atoms with Crippen LogP contribution in [0.15, 0.2) is 35.4 Å². The quantitative estimate of drug-likeness (QED) is 0.683. The molecule has 0 spiro atoms. The number of rotatable bonds is 6. The first kappa shape index (κ1) is 18.6. The molecule has 0 aliphatic carbocycles. The van der Waals surface area contributed by atoms with Crippen LogP contribution < -0.4 is 4.72 Å². The third kappa shape index (κ3) is 4.12. The van der Waals surface area contributed by atoms with Gasteiger partial charge in [-0.3, -0.25) is 9.89 Å². The Balaban J connectivity index is 1.71. The molecule has 0 unspecified atom stereocenters. The monoisotopic (exact) mass is 378 g/mol. The lowest BCUT2D eigenvalue weighted by molar-refractivity contribution is 0.0728. The number of benzene rings is 1. The summed E-state index contributed by atoms with van der Waals surface area (Å²) in [5.74, 6) is -0.121. The number of aromatic nitrogens is 2. The van der Waals surface area contributed by atoms with E-state index in [1.54, 1.807) is 36.1 Å².